The highest BCUT2D eigenvalue weighted by molar-refractivity contribution is 6.25. The first-order valence-corrected chi connectivity index (χ1v) is 9.71. The van der Waals surface area contributed by atoms with Gasteiger partial charge in [-0.2, -0.15) is 0 Å². The van der Waals surface area contributed by atoms with Crippen molar-refractivity contribution in [2.45, 2.75) is 0 Å². The average molecular weight is 403 g/mol. The molecule has 31 heavy (non-hydrogen) atoms. The molecule has 2 N–H and O–H groups in total. The number of aromatic amines is 2. The van der Waals surface area contributed by atoms with Gasteiger partial charge in [0.1, 0.15) is 6.34 Å². The second-order valence-electron chi connectivity index (χ2n) is 7.22. The minimum atomic E-state index is 0.535. The summed E-state index contributed by atoms with van der Waals surface area (Å²) < 4.78 is 0. The molecule has 0 saturated heterocycles. The van der Waals surface area contributed by atoms with Crippen LogP contribution in [0.4, 0.5) is 0 Å². The van der Waals surface area contributed by atoms with Crippen molar-refractivity contribution < 1.29 is 0 Å². The first kappa shape index (κ1) is 16.2. The monoisotopic (exact) mass is 403 g/mol. The second-order valence-corrected chi connectivity index (χ2v) is 7.22. The smallest absolute Gasteiger partial charge is 0.239 e. The lowest BCUT2D eigenvalue weighted by atomic mass is 10.0. The number of nitrogens with one attached hydrogen (secondary N) is 2. The maximum Gasteiger partial charge on any atom is 0.239 e. The molecule has 146 valence electrons. The van der Waals surface area contributed by atoms with Gasteiger partial charge < -0.3 is 9.97 Å². The van der Waals surface area contributed by atoms with Gasteiger partial charge in [0.15, 0.2) is 0 Å². The Bertz CT molecular complexity index is 1520. The molecule has 3 aliphatic rings. The molecule has 0 fully saturated rings. The van der Waals surface area contributed by atoms with Gasteiger partial charge in [-0.05, 0) is 24.3 Å². The Morgan fingerprint density at radius 1 is 0.742 bits per heavy atom. The van der Waals surface area contributed by atoms with Crippen LogP contribution in [-0.2, 0) is 0 Å². The zero-order chi connectivity index (χ0) is 20.4. The van der Waals surface area contributed by atoms with Crippen molar-refractivity contribution >= 4 is 51.7 Å². The van der Waals surface area contributed by atoms with Crippen molar-refractivity contribution in [1.82, 2.24) is 24.8 Å². The summed E-state index contributed by atoms with van der Waals surface area (Å²) in [5, 5.41) is 0. The van der Waals surface area contributed by atoms with E-state index in [0.29, 0.717) is 11.9 Å². The maximum absolute atomic E-state index is 4.78. The molecule has 0 saturated carbocycles. The lowest BCUT2D eigenvalue weighted by molar-refractivity contribution is 0.738. The maximum atomic E-state index is 4.78. The Hall–Kier alpha value is -4.66. The highest BCUT2D eigenvalue weighted by Gasteiger charge is 2.31. The Balaban J connectivity index is 1.44. The number of rotatable bonds is 2. The molecule has 3 aliphatic heterocycles. The second kappa shape index (κ2) is 5.92. The molecule has 0 spiro atoms. The predicted octanol–water partition coefficient (Wildman–Crippen LogP) is 3.24. The van der Waals surface area contributed by atoms with Crippen molar-refractivity contribution in [1.29, 1.82) is 0 Å². The standard InChI is InChI=1S/C22H13N9/c1-3-13(19-15(5-1)23-9-25-19)17-7-12-8-18(14-4-2-6-16-20(14)26-10-24-16)30-22-28-11-27-21(29-17)31(12)22/h1-11H,(H,23,25)(H,24,26). The van der Waals surface area contributed by atoms with Crippen LogP contribution in [0.15, 0.2) is 86.9 Å². The highest BCUT2D eigenvalue weighted by atomic mass is 15.4. The molecule has 4 aromatic rings. The van der Waals surface area contributed by atoms with E-state index in [4.69, 9.17) is 9.98 Å². The van der Waals surface area contributed by atoms with Gasteiger partial charge in [-0.3, -0.25) is 0 Å². The molecule has 0 unspecified atom stereocenters. The van der Waals surface area contributed by atoms with Crippen molar-refractivity contribution in [3.63, 3.8) is 0 Å². The topological polar surface area (TPSA) is 110 Å². The molecule has 0 amide bonds. The molecule has 2 aromatic heterocycles. The van der Waals surface area contributed by atoms with E-state index in [0.717, 1.165) is 50.3 Å². The average Bonchev–Trinajstić information content (AvgIpc) is 3.48. The molecule has 7 rings (SSSR count). The third-order valence-corrected chi connectivity index (χ3v) is 5.48. The van der Waals surface area contributed by atoms with E-state index in [1.54, 1.807) is 12.7 Å². The Morgan fingerprint density at radius 3 is 2.29 bits per heavy atom. The third kappa shape index (κ3) is 2.31. The quantitative estimate of drug-likeness (QED) is 0.536. The molecular weight excluding hydrogens is 390 g/mol. The van der Waals surface area contributed by atoms with Gasteiger partial charge in [0.05, 0.1) is 51.8 Å². The van der Waals surface area contributed by atoms with Crippen LogP contribution in [0, 0.1) is 0 Å². The van der Waals surface area contributed by atoms with Crippen LogP contribution in [0.2, 0.25) is 0 Å². The summed E-state index contributed by atoms with van der Waals surface area (Å²) >= 11 is 0. The number of hydrogen-bond acceptors (Lipinski definition) is 7. The molecule has 0 atom stereocenters. The van der Waals surface area contributed by atoms with E-state index < -0.39 is 0 Å². The molecule has 2 aromatic carbocycles. The summed E-state index contributed by atoms with van der Waals surface area (Å²) in [4.78, 5) is 35.3. The van der Waals surface area contributed by atoms with Gasteiger partial charge in [-0.1, -0.05) is 24.3 Å². The lowest BCUT2D eigenvalue weighted by Crippen LogP contribution is -2.40. The van der Waals surface area contributed by atoms with E-state index in [2.05, 4.69) is 29.9 Å². The summed E-state index contributed by atoms with van der Waals surface area (Å²) in [5.41, 5.74) is 8.07. The van der Waals surface area contributed by atoms with E-state index in [1.165, 1.54) is 6.34 Å². The number of aromatic nitrogens is 4. The van der Waals surface area contributed by atoms with Crippen molar-refractivity contribution in [2.75, 3.05) is 0 Å². The minimum Gasteiger partial charge on any atom is -0.344 e. The van der Waals surface area contributed by atoms with Gasteiger partial charge in [0, 0.05) is 11.1 Å². The zero-order valence-electron chi connectivity index (χ0n) is 16.0. The van der Waals surface area contributed by atoms with E-state index in [1.807, 2.05) is 53.5 Å². The van der Waals surface area contributed by atoms with Gasteiger partial charge in [0.25, 0.3) is 0 Å². The van der Waals surface area contributed by atoms with E-state index in [9.17, 15) is 0 Å². The molecule has 5 heterocycles. The van der Waals surface area contributed by atoms with Crippen LogP contribution in [0.3, 0.4) is 0 Å². The van der Waals surface area contributed by atoms with Gasteiger partial charge in [-0.25, -0.2) is 34.8 Å². The first-order chi connectivity index (χ1) is 15.3. The summed E-state index contributed by atoms with van der Waals surface area (Å²) in [6.45, 7) is 0. The number of para-hydroxylation sites is 2. The normalized spacial score (nSPS) is 17.2. The number of benzene rings is 2. The van der Waals surface area contributed by atoms with Crippen LogP contribution in [-0.4, -0.2) is 48.8 Å². The summed E-state index contributed by atoms with van der Waals surface area (Å²) in [7, 11) is 0. The fourth-order valence-corrected chi connectivity index (χ4v) is 4.09. The van der Waals surface area contributed by atoms with Gasteiger partial charge in [0.2, 0.25) is 11.9 Å². The van der Waals surface area contributed by atoms with E-state index in [-0.39, 0.29) is 0 Å². The Labute approximate surface area is 175 Å². The SMILES string of the molecule is C1=NC2=NC(c3cccc4nc[nH]c34)=CC3=CC(c4cccc5nc[nH]c45)=NC(=N1)N32. The van der Waals surface area contributed by atoms with Crippen molar-refractivity contribution in [3.05, 3.63) is 78.0 Å². The van der Waals surface area contributed by atoms with Gasteiger partial charge >= 0.3 is 0 Å². The number of allylic oxidation sites excluding steroid dienone is 2. The Morgan fingerprint density at radius 2 is 1.48 bits per heavy atom. The number of imidazole rings is 2. The van der Waals surface area contributed by atoms with Crippen LogP contribution < -0.4 is 0 Å². The molecule has 9 nitrogen and oxygen atoms in total. The highest BCUT2D eigenvalue weighted by Crippen LogP contribution is 2.32. The summed E-state index contributed by atoms with van der Waals surface area (Å²) in [6.07, 6.45) is 8.92. The van der Waals surface area contributed by atoms with Crippen LogP contribution in [0.1, 0.15) is 11.1 Å². The number of guanidine groups is 2. The third-order valence-electron chi connectivity index (χ3n) is 5.48. The van der Waals surface area contributed by atoms with Crippen LogP contribution in [0.5, 0.6) is 0 Å². The number of nitrogens with zero attached hydrogens (tertiary/aromatic N) is 7. The molecule has 0 radical (unpaired) electrons. The van der Waals surface area contributed by atoms with Crippen molar-refractivity contribution in [2.24, 2.45) is 20.0 Å². The van der Waals surface area contributed by atoms with Crippen LogP contribution >= 0.6 is 0 Å². The minimum absolute atomic E-state index is 0.535. The number of hydrogen-bond donors (Lipinski definition) is 2. The summed E-state index contributed by atoms with van der Waals surface area (Å²) in [6, 6.07) is 11.9. The fraction of sp³-hybridized carbons (Fsp3) is 0. The zero-order valence-corrected chi connectivity index (χ0v) is 16.0. The number of fused-ring (bicyclic) bond motifs is 2. The van der Waals surface area contributed by atoms with Gasteiger partial charge in [-0.15, -0.1) is 0 Å². The molecule has 9 heteroatoms. The Kier molecular flexibility index (Phi) is 3.09. The molecule has 0 bridgehead atoms. The molecule has 0 aliphatic carbocycles. The number of H-pyrrole nitrogens is 2. The fourth-order valence-electron chi connectivity index (χ4n) is 4.09. The number of aliphatic imine (C=N–C) groups is 4. The first-order valence-electron chi connectivity index (χ1n) is 9.71. The molecular formula is C22H13N9. The predicted molar refractivity (Wildman–Crippen MR) is 120 cm³/mol. The lowest BCUT2D eigenvalue weighted by Gasteiger charge is -2.31. The van der Waals surface area contributed by atoms with E-state index >= 15 is 0 Å². The summed E-state index contributed by atoms with van der Waals surface area (Å²) in [5.74, 6) is 1.07. The largest absolute Gasteiger partial charge is 0.344 e. The van der Waals surface area contributed by atoms with Crippen molar-refractivity contribution in [3.8, 4) is 0 Å². The van der Waals surface area contributed by atoms with Crippen LogP contribution in [0.25, 0.3) is 27.8 Å².